The summed E-state index contributed by atoms with van der Waals surface area (Å²) in [6.07, 6.45) is 3.02. The zero-order valence-corrected chi connectivity index (χ0v) is 11.6. The Kier molecular flexibility index (Phi) is 6.72. The zero-order chi connectivity index (χ0) is 15.7. The number of nitrogens with one attached hydrogen (secondary N) is 3. The van der Waals surface area contributed by atoms with E-state index in [1.54, 1.807) is 6.92 Å². The molecular weight excluding hydrogens is 280 g/mol. The fraction of sp³-hybridized carbons (Fsp3) is 0.500. The fourth-order valence-corrected chi connectivity index (χ4v) is 1.54. The molecule has 1 aromatic rings. The second-order valence-electron chi connectivity index (χ2n) is 4.13. The summed E-state index contributed by atoms with van der Waals surface area (Å²) in [4.78, 5) is 40.2. The molecule has 0 aliphatic rings. The van der Waals surface area contributed by atoms with Crippen LogP contribution in [0, 0.1) is 0 Å². The van der Waals surface area contributed by atoms with E-state index in [2.05, 4.69) is 20.6 Å². The number of nitrogens with zero attached hydrogens (tertiary/aromatic N) is 1. The first-order valence-corrected chi connectivity index (χ1v) is 6.43. The summed E-state index contributed by atoms with van der Waals surface area (Å²) in [5, 5.41) is 13.8. The van der Waals surface area contributed by atoms with Gasteiger partial charge in [-0.2, -0.15) is 0 Å². The van der Waals surface area contributed by atoms with Crippen LogP contribution in [0.3, 0.4) is 0 Å². The monoisotopic (exact) mass is 298 g/mol. The molecule has 0 fully saturated rings. The van der Waals surface area contributed by atoms with Crippen molar-refractivity contribution in [2.45, 2.75) is 25.8 Å². The van der Waals surface area contributed by atoms with E-state index in [0.29, 0.717) is 5.69 Å². The Morgan fingerprint density at radius 2 is 2.24 bits per heavy atom. The van der Waals surface area contributed by atoms with Crippen molar-refractivity contribution in [3.05, 3.63) is 18.2 Å². The highest BCUT2D eigenvalue weighted by Gasteiger charge is 2.20. The first kappa shape index (κ1) is 16.5. The van der Waals surface area contributed by atoms with Gasteiger partial charge in [-0.15, -0.1) is 0 Å². The number of hydrogen-bond acceptors (Lipinski definition) is 5. The summed E-state index contributed by atoms with van der Waals surface area (Å²) in [7, 11) is 0. The number of carbonyl (C=O) groups excluding carboxylic acids is 2. The van der Waals surface area contributed by atoms with Gasteiger partial charge in [-0.25, -0.2) is 14.6 Å². The Labute approximate surface area is 121 Å². The largest absolute Gasteiger partial charge is 0.480 e. The normalized spacial score (nSPS) is 11.5. The van der Waals surface area contributed by atoms with E-state index in [0.717, 1.165) is 0 Å². The standard InChI is InChI=1S/C12H18N4O5/c1-2-21-10(17)3-4-14-12(20)16-9(11(18)19)5-8-6-13-7-15-8/h6-7,9H,2-5H2,1H3,(H,13,15)(H,18,19)(H2,14,16,20)/t9-/m1/s1. The van der Waals surface area contributed by atoms with Gasteiger partial charge in [0.1, 0.15) is 6.04 Å². The molecule has 116 valence electrons. The van der Waals surface area contributed by atoms with Crippen molar-refractivity contribution in [1.29, 1.82) is 0 Å². The molecule has 0 aromatic carbocycles. The molecule has 0 aliphatic heterocycles. The minimum Gasteiger partial charge on any atom is -0.480 e. The Morgan fingerprint density at radius 3 is 2.81 bits per heavy atom. The number of hydrogen-bond donors (Lipinski definition) is 4. The SMILES string of the molecule is CCOC(=O)CCNC(=O)N[C@H](Cc1cnc[nH]1)C(=O)O. The van der Waals surface area contributed by atoms with Gasteiger partial charge in [-0.3, -0.25) is 4.79 Å². The molecule has 9 heteroatoms. The van der Waals surface area contributed by atoms with E-state index in [4.69, 9.17) is 9.84 Å². The number of amides is 2. The molecule has 0 bridgehead atoms. The Bertz CT molecular complexity index is 474. The summed E-state index contributed by atoms with van der Waals surface area (Å²) in [6, 6.07) is -1.75. The molecule has 0 radical (unpaired) electrons. The highest BCUT2D eigenvalue weighted by molar-refractivity contribution is 5.83. The van der Waals surface area contributed by atoms with E-state index in [1.807, 2.05) is 0 Å². The van der Waals surface area contributed by atoms with Gasteiger partial charge in [0.25, 0.3) is 0 Å². The second kappa shape index (κ2) is 8.56. The molecule has 4 N–H and O–H groups in total. The van der Waals surface area contributed by atoms with Gasteiger partial charge in [0, 0.05) is 24.9 Å². The van der Waals surface area contributed by atoms with Crippen molar-refractivity contribution < 1.29 is 24.2 Å². The Balaban J connectivity index is 2.35. The molecular formula is C12H18N4O5. The smallest absolute Gasteiger partial charge is 0.326 e. The Morgan fingerprint density at radius 1 is 1.48 bits per heavy atom. The topological polar surface area (TPSA) is 133 Å². The van der Waals surface area contributed by atoms with Crippen LogP contribution in [-0.4, -0.2) is 52.2 Å². The lowest BCUT2D eigenvalue weighted by Crippen LogP contribution is -2.47. The number of carboxylic acids is 1. The Hall–Kier alpha value is -2.58. The van der Waals surface area contributed by atoms with Crippen LogP contribution in [0.4, 0.5) is 4.79 Å². The number of aliphatic carboxylic acids is 1. The van der Waals surface area contributed by atoms with E-state index in [1.165, 1.54) is 12.5 Å². The summed E-state index contributed by atoms with van der Waals surface area (Å²) < 4.78 is 4.70. The predicted octanol–water partition coefficient (Wildman–Crippen LogP) is -0.342. The van der Waals surface area contributed by atoms with Crippen molar-refractivity contribution in [3.63, 3.8) is 0 Å². The number of imidazole rings is 1. The maximum Gasteiger partial charge on any atom is 0.326 e. The van der Waals surface area contributed by atoms with Gasteiger partial charge in [0.2, 0.25) is 0 Å². The maximum atomic E-state index is 11.6. The van der Waals surface area contributed by atoms with E-state index in [9.17, 15) is 14.4 Å². The van der Waals surface area contributed by atoms with Crippen molar-refractivity contribution >= 4 is 18.0 Å². The number of aromatic nitrogens is 2. The van der Waals surface area contributed by atoms with Crippen molar-refractivity contribution in [2.75, 3.05) is 13.2 Å². The molecule has 0 spiro atoms. The third-order valence-electron chi connectivity index (χ3n) is 2.50. The highest BCUT2D eigenvalue weighted by atomic mass is 16.5. The average Bonchev–Trinajstić information content (AvgIpc) is 2.91. The molecule has 0 saturated carbocycles. The molecule has 1 atom stereocenters. The number of urea groups is 1. The number of esters is 1. The minimum atomic E-state index is -1.16. The molecule has 21 heavy (non-hydrogen) atoms. The van der Waals surface area contributed by atoms with E-state index in [-0.39, 0.29) is 26.0 Å². The van der Waals surface area contributed by atoms with Gasteiger partial charge in [0.15, 0.2) is 0 Å². The van der Waals surface area contributed by atoms with Gasteiger partial charge < -0.3 is 25.5 Å². The number of carbonyl (C=O) groups is 3. The first-order valence-electron chi connectivity index (χ1n) is 6.43. The van der Waals surface area contributed by atoms with Crippen molar-refractivity contribution in [3.8, 4) is 0 Å². The molecule has 9 nitrogen and oxygen atoms in total. The molecule has 1 rings (SSSR count). The van der Waals surface area contributed by atoms with Crippen molar-refractivity contribution in [1.82, 2.24) is 20.6 Å². The number of ether oxygens (including phenoxy) is 1. The van der Waals surface area contributed by atoms with Crippen LogP contribution in [0.5, 0.6) is 0 Å². The lowest BCUT2D eigenvalue weighted by atomic mass is 10.2. The lowest BCUT2D eigenvalue weighted by Gasteiger charge is -2.14. The molecule has 2 amide bonds. The molecule has 0 saturated heterocycles. The maximum absolute atomic E-state index is 11.6. The number of carboxylic acid groups (broad SMARTS) is 1. The molecule has 0 aliphatic carbocycles. The van der Waals surface area contributed by atoms with E-state index >= 15 is 0 Å². The van der Waals surface area contributed by atoms with Crippen LogP contribution >= 0.6 is 0 Å². The fourth-order valence-electron chi connectivity index (χ4n) is 1.54. The molecule has 1 heterocycles. The van der Waals surface area contributed by atoms with Gasteiger partial charge in [-0.05, 0) is 6.92 Å². The summed E-state index contributed by atoms with van der Waals surface area (Å²) in [5.41, 5.74) is 0.592. The quantitative estimate of drug-likeness (QED) is 0.485. The number of aromatic amines is 1. The average molecular weight is 298 g/mol. The molecule has 1 aromatic heterocycles. The van der Waals surface area contributed by atoms with Gasteiger partial charge in [-0.1, -0.05) is 0 Å². The lowest BCUT2D eigenvalue weighted by molar-refractivity contribution is -0.143. The summed E-state index contributed by atoms with van der Waals surface area (Å²) >= 11 is 0. The van der Waals surface area contributed by atoms with Crippen LogP contribution < -0.4 is 10.6 Å². The van der Waals surface area contributed by atoms with Crippen LogP contribution in [0.25, 0.3) is 0 Å². The number of rotatable bonds is 8. The minimum absolute atomic E-state index is 0.0273. The van der Waals surface area contributed by atoms with Gasteiger partial charge >= 0.3 is 18.0 Å². The van der Waals surface area contributed by atoms with Crippen molar-refractivity contribution in [2.24, 2.45) is 0 Å². The zero-order valence-electron chi connectivity index (χ0n) is 11.6. The van der Waals surface area contributed by atoms with E-state index < -0.39 is 24.0 Å². The first-order chi connectivity index (χ1) is 10.0. The van der Waals surface area contributed by atoms with Crippen LogP contribution in [-0.2, 0) is 20.7 Å². The second-order valence-corrected chi connectivity index (χ2v) is 4.13. The summed E-state index contributed by atoms with van der Waals surface area (Å²) in [5.74, 6) is -1.59. The molecule has 0 unspecified atom stereocenters. The number of H-pyrrole nitrogens is 1. The van der Waals surface area contributed by atoms with Crippen LogP contribution in [0.2, 0.25) is 0 Å². The van der Waals surface area contributed by atoms with Gasteiger partial charge in [0.05, 0.1) is 19.4 Å². The third-order valence-corrected chi connectivity index (χ3v) is 2.50. The predicted molar refractivity (Wildman–Crippen MR) is 71.5 cm³/mol. The summed E-state index contributed by atoms with van der Waals surface area (Å²) in [6.45, 7) is 2.03. The van der Waals surface area contributed by atoms with Crippen LogP contribution in [0.1, 0.15) is 19.0 Å². The third kappa shape index (κ3) is 6.41. The van der Waals surface area contributed by atoms with Crippen LogP contribution in [0.15, 0.2) is 12.5 Å². The highest BCUT2D eigenvalue weighted by Crippen LogP contribution is 1.98.